The van der Waals surface area contributed by atoms with E-state index in [1.807, 2.05) is 24.3 Å². The first-order valence-corrected chi connectivity index (χ1v) is 7.08. The van der Waals surface area contributed by atoms with Crippen molar-refractivity contribution < 1.29 is 9.53 Å². The average molecular weight is 315 g/mol. The van der Waals surface area contributed by atoms with E-state index in [0.29, 0.717) is 13.0 Å². The van der Waals surface area contributed by atoms with Crippen LogP contribution in [0, 0.1) is 5.41 Å². The first kappa shape index (κ1) is 13.0. The van der Waals surface area contributed by atoms with Gasteiger partial charge in [0.2, 0.25) is 0 Å². The van der Waals surface area contributed by atoms with Crippen LogP contribution in [0.4, 0.5) is 0 Å². The fourth-order valence-electron chi connectivity index (χ4n) is 1.70. The SMILES string of the molecule is O=C(CC1(CS)CC1)OCc1ccccc1Br. The van der Waals surface area contributed by atoms with E-state index in [1.165, 1.54) is 0 Å². The van der Waals surface area contributed by atoms with Gasteiger partial charge in [-0.2, -0.15) is 12.6 Å². The lowest BCUT2D eigenvalue weighted by Gasteiger charge is -2.11. The Labute approximate surface area is 115 Å². The molecule has 17 heavy (non-hydrogen) atoms. The molecule has 4 heteroatoms. The van der Waals surface area contributed by atoms with Crippen molar-refractivity contribution in [3.8, 4) is 0 Å². The molecular weight excluding hydrogens is 300 g/mol. The molecule has 1 saturated carbocycles. The number of rotatable bonds is 5. The van der Waals surface area contributed by atoms with Crippen molar-refractivity contribution in [1.29, 1.82) is 0 Å². The number of esters is 1. The minimum absolute atomic E-state index is 0.118. The lowest BCUT2D eigenvalue weighted by molar-refractivity contribution is -0.146. The molecule has 0 atom stereocenters. The van der Waals surface area contributed by atoms with Gasteiger partial charge < -0.3 is 4.74 Å². The third kappa shape index (κ3) is 3.49. The average Bonchev–Trinajstić information content (AvgIpc) is 3.08. The highest BCUT2D eigenvalue weighted by Gasteiger charge is 2.43. The van der Waals surface area contributed by atoms with Gasteiger partial charge >= 0.3 is 5.97 Å². The van der Waals surface area contributed by atoms with Gasteiger partial charge in [0, 0.05) is 10.0 Å². The Morgan fingerprint density at radius 2 is 2.12 bits per heavy atom. The van der Waals surface area contributed by atoms with Gasteiger partial charge in [0.15, 0.2) is 0 Å². The molecule has 0 radical (unpaired) electrons. The van der Waals surface area contributed by atoms with Crippen molar-refractivity contribution in [2.75, 3.05) is 5.75 Å². The molecule has 1 aliphatic carbocycles. The zero-order valence-electron chi connectivity index (χ0n) is 9.49. The van der Waals surface area contributed by atoms with Gasteiger partial charge in [0.25, 0.3) is 0 Å². The summed E-state index contributed by atoms with van der Waals surface area (Å²) < 4.78 is 6.26. The summed E-state index contributed by atoms with van der Waals surface area (Å²) in [6.07, 6.45) is 2.70. The number of benzene rings is 1. The second kappa shape index (κ2) is 5.44. The van der Waals surface area contributed by atoms with Gasteiger partial charge in [0.1, 0.15) is 6.61 Å². The number of carbonyl (C=O) groups is 1. The Morgan fingerprint density at radius 3 is 2.71 bits per heavy atom. The molecule has 0 aromatic heterocycles. The van der Waals surface area contributed by atoms with E-state index >= 15 is 0 Å². The molecule has 2 rings (SSSR count). The number of halogens is 1. The monoisotopic (exact) mass is 314 g/mol. The lowest BCUT2D eigenvalue weighted by atomic mass is 10.1. The highest BCUT2D eigenvalue weighted by molar-refractivity contribution is 9.10. The number of carbonyl (C=O) groups excluding carboxylic acids is 1. The van der Waals surface area contributed by atoms with Crippen molar-refractivity contribution in [3.05, 3.63) is 34.3 Å². The normalized spacial score (nSPS) is 16.6. The maximum atomic E-state index is 11.7. The van der Waals surface area contributed by atoms with Crippen LogP contribution in [0.2, 0.25) is 0 Å². The van der Waals surface area contributed by atoms with Crippen molar-refractivity contribution in [2.45, 2.75) is 25.9 Å². The maximum Gasteiger partial charge on any atom is 0.306 e. The molecule has 0 aliphatic heterocycles. The highest BCUT2D eigenvalue weighted by Crippen LogP contribution is 2.49. The molecule has 0 N–H and O–H groups in total. The molecule has 0 amide bonds. The van der Waals surface area contributed by atoms with Crippen LogP contribution < -0.4 is 0 Å². The molecule has 0 heterocycles. The van der Waals surface area contributed by atoms with Gasteiger partial charge in [-0.1, -0.05) is 34.1 Å². The molecule has 0 unspecified atom stereocenters. The second-order valence-corrected chi connectivity index (χ2v) is 5.76. The number of hydrogen-bond acceptors (Lipinski definition) is 3. The molecule has 92 valence electrons. The summed E-state index contributed by atoms with van der Waals surface area (Å²) in [5.41, 5.74) is 1.13. The summed E-state index contributed by atoms with van der Waals surface area (Å²) in [6.45, 7) is 0.336. The van der Waals surface area contributed by atoms with E-state index in [4.69, 9.17) is 4.74 Å². The highest BCUT2D eigenvalue weighted by atomic mass is 79.9. The fraction of sp³-hybridized carbons (Fsp3) is 0.462. The van der Waals surface area contributed by atoms with Gasteiger partial charge in [-0.25, -0.2) is 0 Å². The molecule has 1 aliphatic rings. The fourth-order valence-corrected chi connectivity index (χ4v) is 2.53. The Kier molecular flexibility index (Phi) is 4.15. The van der Waals surface area contributed by atoms with Crippen molar-refractivity contribution in [3.63, 3.8) is 0 Å². The summed E-state index contributed by atoms with van der Waals surface area (Å²) in [5.74, 6) is 0.657. The number of ether oxygens (including phenoxy) is 1. The van der Waals surface area contributed by atoms with Crippen LogP contribution in [-0.4, -0.2) is 11.7 Å². The predicted octanol–water partition coefficient (Wildman–Crippen LogP) is 3.59. The molecule has 2 nitrogen and oxygen atoms in total. The van der Waals surface area contributed by atoms with Gasteiger partial charge in [-0.3, -0.25) is 4.79 Å². The van der Waals surface area contributed by atoms with Crippen molar-refractivity contribution in [2.24, 2.45) is 5.41 Å². The standard InChI is InChI=1S/C13H15BrO2S/c14-11-4-2-1-3-10(11)8-16-12(15)7-13(9-17)5-6-13/h1-4,17H,5-9H2. The maximum absolute atomic E-state index is 11.7. The molecular formula is C13H15BrO2S. The van der Waals surface area contributed by atoms with Gasteiger partial charge in [0.05, 0.1) is 6.42 Å². The quantitative estimate of drug-likeness (QED) is 0.664. The summed E-state index contributed by atoms with van der Waals surface area (Å²) in [6, 6.07) is 7.77. The molecule has 0 bridgehead atoms. The van der Waals surface area contributed by atoms with Crippen LogP contribution in [0.1, 0.15) is 24.8 Å². The minimum atomic E-state index is -0.118. The first-order chi connectivity index (χ1) is 8.15. The van der Waals surface area contributed by atoms with Crippen LogP contribution in [0.15, 0.2) is 28.7 Å². The van der Waals surface area contributed by atoms with Crippen LogP contribution in [0.5, 0.6) is 0 Å². The van der Waals surface area contributed by atoms with Crippen molar-refractivity contribution >= 4 is 34.5 Å². The van der Waals surface area contributed by atoms with Gasteiger partial charge in [-0.15, -0.1) is 0 Å². The summed E-state index contributed by atoms with van der Waals surface area (Å²) in [7, 11) is 0. The third-order valence-electron chi connectivity index (χ3n) is 3.16. The predicted molar refractivity (Wildman–Crippen MR) is 74.1 cm³/mol. The number of hydrogen-bond donors (Lipinski definition) is 1. The van der Waals surface area contributed by atoms with Crippen LogP contribution >= 0.6 is 28.6 Å². The van der Waals surface area contributed by atoms with E-state index in [9.17, 15) is 4.79 Å². The van der Waals surface area contributed by atoms with E-state index in [2.05, 4.69) is 28.6 Å². The van der Waals surface area contributed by atoms with E-state index in [-0.39, 0.29) is 11.4 Å². The van der Waals surface area contributed by atoms with E-state index in [1.54, 1.807) is 0 Å². The Morgan fingerprint density at radius 1 is 1.41 bits per heavy atom. The third-order valence-corrected chi connectivity index (χ3v) is 4.60. The largest absolute Gasteiger partial charge is 0.461 e. The minimum Gasteiger partial charge on any atom is -0.461 e. The zero-order chi connectivity index (χ0) is 12.3. The van der Waals surface area contributed by atoms with Gasteiger partial charge in [-0.05, 0) is 30.1 Å². The van der Waals surface area contributed by atoms with Crippen LogP contribution in [0.25, 0.3) is 0 Å². The topological polar surface area (TPSA) is 26.3 Å². The lowest BCUT2D eigenvalue weighted by Crippen LogP contribution is -2.13. The molecule has 0 saturated heterocycles. The zero-order valence-corrected chi connectivity index (χ0v) is 12.0. The second-order valence-electron chi connectivity index (χ2n) is 4.59. The first-order valence-electron chi connectivity index (χ1n) is 5.65. The molecule has 0 spiro atoms. The Balaban J connectivity index is 1.82. The van der Waals surface area contributed by atoms with Crippen molar-refractivity contribution in [1.82, 2.24) is 0 Å². The Bertz CT molecular complexity index is 416. The van der Waals surface area contributed by atoms with Crippen LogP contribution in [-0.2, 0) is 16.1 Å². The summed E-state index contributed by atoms with van der Waals surface area (Å²) in [5, 5.41) is 0. The molecule has 1 aromatic carbocycles. The van der Waals surface area contributed by atoms with E-state index in [0.717, 1.165) is 28.6 Å². The summed E-state index contributed by atoms with van der Waals surface area (Å²) in [4.78, 5) is 11.7. The van der Waals surface area contributed by atoms with Crippen LogP contribution in [0.3, 0.4) is 0 Å². The molecule has 1 aromatic rings. The van der Waals surface area contributed by atoms with E-state index < -0.39 is 0 Å². The Hall–Kier alpha value is -0.480. The molecule has 1 fully saturated rings. The number of thiol groups is 1. The summed E-state index contributed by atoms with van der Waals surface area (Å²) >= 11 is 7.71. The smallest absolute Gasteiger partial charge is 0.306 e.